The van der Waals surface area contributed by atoms with E-state index in [1.165, 1.54) is 0 Å². The highest BCUT2D eigenvalue weighted by atomic mass is 127. The predicted molar refractivity (Wildman–Crippen MR) is 138 cm³/mol. The van der Waals surface area contributed by atoms with Crippen LogP contribution in [-0.2, 0) is 16.2 Å². The lowest BCUT2D eigenvalue weighted by atomic mass is 10.2. The fourth-order valence-electron chi connectivity index (χ4n) is 3.36. The molecule has 7 nitrogen and oxygen atoms in total. The van der Waals surface area contributed by atoms with E-state index in [0.29, 0.717) is 18.0 Å². The predicted octanol–water partition coefficient (Wildman–Crippen LogP) is 4.71. The van der Waals surface area contributed by atoms with Crippen molar-refractivity contribution in [1.82, 2.24) is 10.2 Å². The third-order valence-corrected chi connectivity index (χ3v) is 5.79. The van der Waals surface area contributed by atoms with E-state index in [0.717, 1.165) is 25.2 Å². The van der Waals surface area contributed by atoms with Crippen LogP contribution in [0.15, 0.2) is 78.5 Å². The molecule has 3 aromatic carbocycles. The monoisotopic (exact) mass is 567 g/mol. The van der Waals surface area contributed by atoms with Crippen LogP contribution in [0.4, 0.5) is 10.5 Å². The molecular formula is C26H22IN3O4. The van der Waals surface area contributed by atoms with E-state index in [1.54, 1.807) is 36.4 Å². The molecule has 4 amide bonds. The summed E-state index contributed by atoms with van der Waals surface area (Å²) in [7, 11) is 0. The van der Waals surface area contributed by atoms with Crippen molar-refractivity contribution in [3.63, 3.8) is 0 Å². The Morgan fingerprint density at radius 3 is 2.50 bits per heavy atom. The Hall–Kier alpha value is -3.66. The summed E-state index contributed by atoms with van der Waals surface area (Å²) in [6.07, 6.45) is 1.57. The minimum absolute atomic E-state index is 0.112. The molecule has 4 rings (SSSR count). The van der Waals surface area contributed by atoms with Crippen molar-refractivity contribution < 1.29 is 19.1 Å². The van der Waals surface area contributed by atoms with Crippen LogP contribution in [0.2, 0.25) is 0 Å². The third kappa shape index (κ3) is 6.02. The smallest absolute Gasteiger partial charge is 0.329 e. The zero-order chi connectivity index (χ0) is 24.1. The Labute approximate surface area is 210 Å². The lowest BCUT2D eigenvalue weighted by molar-refractivity contribution is -0.127. The molecule has 2 N–H and O–H groups in total. The highest BCUT2D eigenvalue weighted by molar-refractivity contribution is 14.1. The highest BCUT2D eigenvalue weighted by Gasteiger charge is 2.34. The Kier molecular flexibility index (Phi) is 7.27. The lowest BCUT2D eigenvalue weighted by Gasteiger charge is -2.12. The van der Waals surface area contributed by atoms with Gasteiger partial charge >= 0.3 is 6.03 Å². The van der Waals surface area contributed by atoms with E-state index in [4.69, 9.17) is 4.74 Å². The molecular weight excluding hydrogens is 545 g/mol. The van der Waals surface area contributed by atoms with Crippen LogP contribution in [0.1, 0.15) is 16.7 Å². The standard InChI is InChI=1S/C26H22IN3O4/c1-17-3-2-4-21(13-17)28-24(31)15-30-25(32)23(29-26(30)33)14-18-7-11-22(12-8-18)34-16-19-5-9-20(27)10-6-19/h2-14H,15-16H2,1H3,(H,28,31)(H,29,33)/b23-14+. The van der Waals surface area contributed by atoms with Gasteiger partial charge in [-0.05, 0) is 88.7 Å². The second-order valence-corrected chi connectivity index (χ2v) is 9.03. The Bertz CT molecular complexity index is 1250. The van der Waals surface area contributed by atoms with Crippen LogP contribution < -0.4 is 15.4 Å². The largest absolute Gasteiger partial charge is 0.489 e. The molecule has 0 aliphatic carbocycles. The highest BCUT2D eigenvalue weighted by Crippen LogP contribution is 2.19. The summed E-state index contributed by atoms with van der Waals surface area (Å²) in [6.45, 7) is 1.99. The number of anilines is 1. The molecule has 172 valence electrons. The number of aryl methyl sites for hydroxylation is 1. The van der Waals surface area contributed by atoms with Gasteiger partial charge in [-0.3, -0.25) is 9.59 Å². The van der Waals surface area contributed by atoms with Crippen LogP contribution in [0.5, 0.6) is 5.75 Å². The molecule has 1 aliphatic heterocycles. The van der Waals surface area contributed by atoms with E-state index in [-0.39, 0.29) is 12.2 Å². The van der Waals surface area contributed by atoms with E-state index in [2.05, 4.69) is 33.2 Å². The van der Waals surface area contributed by atoms with Gasteiger partial charge in [-0.2, -0.15) is 0 Å². The van der Waals surface area contributed by atoms with Gasteiger partial charge in [0, 0.05) is 9.26 Å². The van der Waals surface area contributed by atoms with Crippen molar-refractivity contribution in [3.8, 4) is 5.75 Å². The summed E-state index contributed by atoms with van der Waals surface area (Å²) in [5.41, 5.74) is 3.50. The van der Waals surface area contributed by atoms with Crippen LogP contribution >= 0.6 is 22.6 Å². The Morgan fingerprint density at radius 2 is 1.79 bits per heavy atom. The molecule has 1 saturated heterocycles. The average Bonchev–Trinajstić information content (AvgIpc) is 3.07. The van der Waals surface area contributed by atoms with Crippen LogP contribution in [-0.4, -0.2) is 29.3 Å². The maximum atomic E-state index is 12.7. The number of carbonyl (C=O) groups excluding carboxylic acids is 3. The van der Waals surface area contributed by atoms with Crippen molar-refractivity contribution >= 4 is 52.2 Å². The number of hydrogen-bond donors (Lipinski definition) is 2. The van der Waals surface area contributed by atoms with Gasteiger partial charge in [0.1, 0.15) is 24.6 Å². The van der Waals surface area contributed by atoms with E-state index in [9.17, 15) is 14.4 Å². The number of nitrogens with zero attached hydrogens (tertiary/aromatic N) is 1. The molecule has 0 unspecified atom stereocenters. The molecule has 0 atom stereocenters. The number of nitrogens with one attached hydrogen (secondary N) is 2. The van der Waals surface area contributed by atoms with Crippen LogP contribution in [0.25, 0.3) is 6.08 Å². The summed E-state index contributed by atoms with van der Waals surface area (Å²) in [6, 6.07) is 21.9. The summed E-state index contributed by atoms with van der Waals surface area (Å²) in [4.78, 5) is 38.2. The quantitative estimate of drug-likeness (QED) is 0.246. The first-order chi connectivity index (χ1) is 16.4. The number of halogens is 1. The fraction of sp³-hybridized carbons (Fsp3) is 0.115. The Morgan fingerprint density at radius 1 is 1.06 bits per heavy atom. The van der Waals surface area contributed by atoms with E-state index >= 15 is 0 Å². The SMILES string of the molecule is Cc1cccc(NC(=O)CN2C(=O)N/C(=C/c3ccc(OCc4ccc(I)cc4)cc3)C2=O)c1. The summed E-state index contributed by atoms with van der Waals surface area (Å²) in [5.74, 6) is -0.315. The van der Waals surface area contributed by atoms with Crippen LogP contribution in [0.3, 0.4) is 0 Å². The molecule has 8 heteroatoms. The van der Waals surface area contributed by atoms with Gasteiger partial charge in [-0.1, -0.05) is 36.4 Å². The molecule has 1 aliphatic rings. The molecule has 0 spiro atoms. The maximum absolute atomic E-state index is 12.7. The summed E-state index contributed by atoms with van der Waals surface area (Å²) < 4.78 is 6.96. The van der Waals surface area contributed by atoms with Crippen LogP contribution in [0, 0.1) is 10.5 Å². The molecule has 0 aromatic heterocycles. The molecule has 0 bridgehead atoms. The van der Waals surface area contributed by atoms with Gasteiger partial charge in [0.15, 0.2) is 0 Å². The van der Waals surface area contributed by atoms with Gasteiger partial charge < -0.3 is 15.4 Å². The van der Waals surface area contributed by atoms with Gasteiger partial charge in [0.05, 0.1) is 0 Å². The minimum Gasteiger partial charge on any atom is -0.489 e. The van der Waals surface area contributed by atoms with Gasteiger partial charge in [0.25, 0.3) is 5.91 Å². The van der Waals surface area contributed by atoms with E-state index < -0.39 is 17.8 Å². The minimum atomic E-state index is -0.631. The first-order valence-corrected chi connectivity index (χ1v) is 11.6. The second kappa shape index (κ2) is 10.5. The van der Waals surface area contributed by atoms with E-state index in [1.807, 2.05) is 49.4 Å². The molecule has 1 heterocycles. The first-order valence-electron chi connectivity index (χ1n) is 10.6. The number of imide groups is 1. The van der Waals surface area contributed by atoms with Crippen molar-refractivity contribution in [2.24, 2.45) is 0 Å². The normalized spacial score (nSPS) is 14.3. The van der Waals surface area contributed by atoms with Gasteiger partial charge in [-0.25, -0.2) is 9.69 Å². The van der Waals surface area contributed by atoms with Crippen molar-refractivity contribution in [2.75, 3.05) is 11.9 Å². The first kappa shape index (κ1) is 23.5. The molecule has 0 saturated carbocycles. The molecule has 0 radical (unpaired) electrons. The van der Waals surface area contributed by atoms with Gasteiger partial charge in [-0.15, -0.1) is 0 Å². The van der Waals surface area contributed by atoms with Gasteiger partial charge in [0.2, 0.25) is 5.91 Å². The molecule has 34 heavy (non-hydrogen) atoms. The number of ether oxygens (including phenoxy) is 1. The maximum Gasteiger partial charge on any atom is 0.329 e. The van der Waals surface area contributed by atoms with Crippen molar-refractivity contribution in [1.29, 1.82) is 0 Å². The second-order valence-electron chi connectivity index (χ2n) is 7.78. The zero-order valence-electron chi connectivity index (χ0n) is 18.4. The number of benzene rings is 3. The van der Waals surface area contributed by atoms with Crippen molar-refractivity contribution in [2.45, 2.75) is 13.5 Å². The number of amides is 4. The lowest BCUT2D eigenvalue weighted by Crippen LogP contribution is -2.38. The van der Waals surface area contributed by atoms with Crippen molar-refractivity contribution in [3.05, 3.63) is 98.8 Å². The number of rotatable bonds is 7. The molecule has 1 fully saturated rings. The number of hydrogen-bond acceptors (Lipinski definition) is 4. The average molecular weight is 567 g/mol. The number of urea groups is 1. The summed E-state index contributed by atoms with van der Waals surface area (Å²) >= 11 is 2.26. The summed E-state index contributed by atoms with van der Waals surface area (Å²) in [5, 5.41) is 5.23. The third-order valence-electron chi connectivity index (χ3n) is 5.08. The zero-order valence-corrected chi connectivity index (χ0v) is 20.5. The topological polar surface area (TPSA) is 87.7 Å². The Balaban J connectivity index is 1.35. The molecule has 3 aromatic rings. The fourth-order valence-corrected chi connectivity index (χ4v) is 3.72. The number of carbonyl (C=O) groups is 3.